The lowest BCUT2D eigenvalue weighted by Gasteiger charge is -2.00. The number of sulfonamides is 1. The van der Waals surface area contributed by atoms with Crippen LogP contribution in [-0.4, -0.2) is 27.0 Å². The first-order valence-electron chi connectivity index (χ1n) is 3.88. The van der Waals surface area contributed by atoms with E-state index in [4.69, 9.17) is 5.14 Å². The van der Waals surface area contributed by atoms with Gasteiger partial charge in [-0.2, -0.15) is 5.10 Å². The molecule has 0 saturated heterocycles. The number of hydrogen-bond donors (Lipinski definition) is 1. The SMILES string of the molecule is Cn1cc(S(N)(=O)=O)c([SiH](C)C)n1. The lowest BCUT2D eigenvalue weighted by molar-refractivity contribution is 0.598. The molecule has 0 atom stereocenters. The maximum Gasteiger partial charge on any atom is 0.241 e. The molecule has 5 nitrogen and oxygen atoms in total. The number of primary sulfonamides is 1. The fourth-order valence-electron chi connectivity index (χ4n) is 1.10. The van der Waals surface area contributed by atoms with Crippen LogP contribution in [0, 0.1) is 0 Å². The summed E-state index contributed by atoms with van der Waals surface area (Å²) in [5, 5.41) is 9.80. The Morgan fingerprint density at radius 1 is 1.54 bits per heavy atom. The molecule has 0 bridgehead atoms. The van der Waals surface area contributed by atoms with E-state index in [9.17, 15) is 8.42 Å². The van der Waals surface area contributed by atoms with Gasteiger partial charge in [-0.25, -0.2) is 13.6 Å². The van der Waals surface area contributed by atoms with Gasteiger partial charge in [-0.05, 0) is 0 Å². The summed E-state index contributed by atoms with van der Waals surface area (Å²) >= 11 is 0. The quantitative estimate of drug-likeness (QED) is 0.632. The minimum absolute atomic E-state index is 0.177. The zero-order valence-corrected chi connectivity index (χ0v) is 9.82. The van der Waals surface area contributed by atoms with Crippen molar-refractivity contribution >= 4 is 24.1 Å². The Labute approximate surface area is 79.2 Å². The van der Waals surface area contributed by atoms with Crippen molar-refractivity contribution in [3.05, 3.63) is 6.20 Å². The minimum atomic E-state index is -3.61. The Bertz CT molecular complexity index is 410. The third-order valence-electron chi connectivity index (χ3n) is 1.68. The first-order chi connectivity index (χ1) is 5.82. The molecule has 0 aliphatic carbocycles. The molecule has 7 heteroatoms. The summed E-state index contributed by atoms with van der Waals surface area (Å²) in [6.45, 7) is 4.02. The first-order valence-corrected chi connectivity index (χ1v) is 8.32. The van der Waals surface area contributed by atoms with Crippen LogP contribution in [0.15, 0.2) is 11.1 Å². The van der Waals surface area contributed by atoms with E-state index in [0.717, 1.165) is 0 Å². The van der Waals surface area contributed by atoms with Gasteiger partial charge in [0.15, 0.2) is 0 Å². The average Bonchev–Trinajstić information content (AvgIpc) is 2.29. The van der Waals surface area contributed by atoms with Gasteiger partial charge < -0.3 is 0 Å². The van der Waals surface area contributed by atoms with Crippen LogP contribution in [-0.2, 0) is 17.1 Å². The second-order valence-electron chi connectivity index (χ2n) is 3.25. The number of hydrogen-bond acceptors (Lipinski definition) is 3. The standard InChI is InChI=1S/C6H13N3O2SSi/c1-9-4-5(12(7,10)11)6(8-9)13(2)3/h4,13H,1-3H3,(H2,7,10,11). The molecule has 0 aliphatic rings. The zero-order chi connectivity index (χ0) is 10.2. The van der Waals surface area contributed by atoms with Crippen molar-refractivity contribution in [1.82, 2.24) is 9.78 Å². The molecule has 0 saturated carbocycles. The molecule has 0 fully saturated rings. The van der Waals surface area contributed by atoms with Crippen LogP contribution in [0.1, 0.15) is 0 Å². The molecule has 13 heavy (non-hydrogen) atoms. The van der Waals surface area contributed by atoms with Crippen molar-refractivity contribution in [3.8, 4) is 0 Å². The van der Waals surface area contributed by atoms with Crippen LogP contribution >= 0.6 is 0 Å². The van der Waals surface area contributed by atoms with Gasteiger partial charge in [0, 0.05) is 13.2 Å². The molecule has 2 N–H and O–H groups in total. The topological polar surface area (TPSA) is 78.0 Å². The molecule has 1 aromatic heterocycles. The highest BCUT2D eigenvalue weighted by Crippen LogP contribution is 2.02. The van der Waals surface area contributed by atoms with Crippen molar-refractivity contribution in [1.29, 1.82) is 0 Å². The lowest BCUT2D eigenvalue weighted by atomic mass is 10.7. The van der Waals surface area contributed by atoms with Crippen molar-refractivity contribution in [2.75, 3.05) is 0 Å². The highest BCUT2D eigenvalue weighted by atomic mass is 32.2. The maximum atomic E-state index is 11.1. The summed E-state index contributed by atoms with van der Waals surface area (Å²) in [6, 6.07) is 0. The number of aromatic nitrogens is 2. The number of nitrogens with zero attached hydrogens (tertiary/aromatic N) is 2. The van der Waals surface area contributed by atoms with Crippen molar-refractivity contribution in [2.45, 2.75) is 18.0 Å². The van der Waals surface area contributed by atoms with Crippen molar-refractivity contribution in [3.63, 3.8) is 0 Å². The highest BCUT2D eigenvalue weighted by Gasteiger charge is 2.20. The van der Waals surface area contributed by atoms with Gasteiger partial charge in [-0.1, -0.05) is 13.1 Å². The number of aryl methyl sites for hydroxylation is 1. The third kappa shape index (κ3) is 2.17. The van der Waals surface area contributed by atoms with Crippen LogP contribution in [0.5, 0.6) is 0 Å². The summed E-state index contributed by atoms with van der Waals surface area (Å²) in [7, 11) is -3.16. The zero-order valence-electron chi connectivity index (χ0n) is 7.85. The summed E-state index contributed by atoms with van der Waals surface area (Å²) in [6.07, 6.45) is 1.46. The summed E-state index contributed by atoms with van der Waals surface area (Å²) in [4.78, 5) is 0.177. The van der Waals surface area contributed by atoms with Gasteiger partial charge >= 0.3 is 0 Å². The van der Waals surface area contributed by atoms with Gasteiger partial charge in [-0.15, -0.1) is 0 Å². The molecule has 0 amide bonds. The van der Waals surface area contributed by atoms with Crippen molar-refractivity contribution < 1.29 is 8.42 Å². The van der Waals surface area contributed by atoms with Gasteiger partial charge in [0.1, 0.15) is 4.90 Å². The van der Waals surface area contributed by atoms with E-state index in [1.165, 1.54) is 10.9 Å². The van der Waals surface area contributed by atoms with Gasteiger partial charge in [0.2, 0.25) is 10.0 Å². The molecule has 0 unspecified atom stereocenters. The maximum absolute atomic E-state index is 11.1. The molecule has 0 radical (unpaired) electrons. The molecular weight excluding hydrogens is 206 g/mol. The third-order valence-corrected chi connectivity index (χ3v) is 4.33. The second kappa shape index (κ2) is 3.24. The lowest BCUT2D eigenvalue weighted by Crippen LogP contribution is -2.31. The molecular formula is C6H13N3O2SSi. The summed E-state index contributed by atoms with van der Waals surface area (Å²) in [5.74, 6) is 0. The predicted octanol–water partition coefficient (Wildman–Crippen LogP) is -1.24. The van der Waals surface area contributed by atoms with E-state index in [1.54, 1.807) is 7.05 Å². The fourth-order valence-corrected chi connectivity index (χ4v) is 3.99. The Morgan fingerprint density at radius 3 is 2.38 bits per heavy atom. The predicted molar refractivity (Wildman–Crippen MR) is 53.1 cm³/mol. The van der Waals surface area contributed by atoms with Crippen molar-refractivity contribution in [2.24, 2.45) is 12.2 Å². The number of nitrogens with two attached hydrogens (primary N) is 1. The fraction of sp³-hybridized carbons (Fsp3) is 0.500. The second-order valence-corrected chi connectivity index (χ2v) is 7.64. The van der Waals surface area contributed by atoms with E-state index in [2.05, 4.69) is 5.10 Å². The van der Waals surface area contributed by atoms with Crippen LogP contribution in [0.25, 0.3) is 0 Å². The van der Waals surface area contributed by atoms with Gasteiger partial charge in [-0.3, -0.25) is 4.68 Å². The Morgan fingerprint density at radius 2 is 2.08 bits per heavy atom. The summed E-state index contributed by atoms with van der Waals surface area (Å²) in [5.41, 5.74) is 0. The Kier molecular flexibility index (Phi) is 2.60. The number of rotatable bonds is 2. The van der Waals surface area contributed by atoms with Crippen LogP contribution < -0.4 is 10.5 Å². The largest absolute Gasteiger partial charge is 0.275 e. The highest BCUT2D eigenvalue weighted by molar-refractivity contribution is 7.89. The van der Waals surface area contributed by atoms with E-state index in [1.807, 2.05) is 13.1 Å². The van der Waals surface area contributed by atoms with E-state index in [0.29, 0.717) is 5.32 Å². The monoisotopic (exact) mass is 219 g/mol. The molecule has 1 rings (SSSR count). The van der Waals surface area contributed by atoms with Crippen LogP contribution in [0.4, 0.5) is 0 Å². The van der Waals surface area contributed by atoms with Gasteiger partial charge in [0.05, 0.1) is 14.1 Å². The normalized spacial score (nSPS) is 12.4. The molecule has 1 heterocycles. The average molecular weight is 219 g/mol. The molecule has 1 aromatic rings. The first kappa shape index (κ1) is 10.4. The Hall–Kier alpha value is -0.663. The van der Waals surface area contributed by atoms with E-state index < -0.39 is 18.8 Å². The molecule has 0 aliphatic heterocycles. The molecule has 74 valence electrons. The molecule has 0 aromatic carbocycles. The van der Waals surface area contributed by atoms with Crippen LogP contribution in [0.3, 0.4) is 0 Å². The summed E-state index contributed by atoms with van der Waals surface area (Å²) < 4.78 is 23.7. The van der Waals surface area contributed by atoms with E-state index in [-0.39, 0.29) is 4.90 Å². The molecule has 0 spiro atoms. The Balaban J connectivity index is 3.37. The van der Waals surface area contributed by atoms with Crippen LogP contribution in [0.2, 0.25) is 13.1 Å². The minimum Gasteiger partial charge on any atom is -0.275 e. The van der Waals surface area contributed by atoms with E-state index >= 15 is 0 Å². The smallest absolute Gasteiger partial charge is 0.241 e. The van der Waals surface area contributed by atoms with Gasteiger partial charge in [0.25, 0.3) is 0 Å².